The molecule has 3 heterocycles. The van der Waals surface area contributed by atoms with E-state index in [-0.39, 0.29) is 24.3 Å². The number of carbonyl (C=O) groups is 3. The quantitative estimate of drug-likeness (QED) is 0.467. The summed E-state index contributed by atoms with van der Waals surface area (Å²) in [7, 11) is 0. The molecule has 2 amide bonds. The van der Waals surface area contributed by atoms with Crippen molar-refractivity contribution in [1.29, 1.82) is 0 Å². The van der Waals surface area contributed by atoms with Crippen LogP contribution in [0.1, 0.15) is 59.8 Å². The summed E-state index contributed by atoms with van der Waals surface area (Å²) in [6.45, 7) is 12.0. The molecular formula is C24H38N2O6. The first-order chi connectivity index (χ1) is 15.2. The standard InChI is InChI=1S/C24H38N2O6/c1-6-9-13-25(12-7-2)21(29)19-24-11-10-23(8-3,32-24)18(22(30)31)17(24)20(28)26(19)16(14-27)15(4)5/h7,15-19,27H,2,6,8-14H2,1,3-5H3,(H,30,31)/t16-,17-,18-,19?,23+,24?/m0/s1. The number of carbonyl (C=O) groups excluding carboxylic acids is 2. The number of aliphatic carboxylic acids is 1. The monoisotopic (exact) mass is 450 g/mol. The van der Waals surface area contributed by atoms with Crippen LogP contribution in [0, 0.1) is 17.8 Å². The van der Waals surface area contributed by atoms with Crippen molar-refractivity contribution in [3.8, 4) is 0 Å². The zero-order valence-corrected chi connectivity index (χ0v) is 19.7. The van der Waals surface area contributed by atoms with Crippen molar-refractivity contribution in [2.45, 2.75) is 83.1 Å². The first-order valence-electron chi connectivity index (χ1n) is 11.9. The van der Waals surface area contributed by atoms with E-state index in [1.54, 1.807) is 11.0 Å². The van der Waals surface area contributed by atoms with Gasteiger partial charge in [0.2, 0.25) is 11.8 Å². The van der Waals surface area contributed by atoms with Crippen molar-refractivity contribution in [3.05, 3.63) is 12.7 Å². The molecule has 3 aliphatic rings. The van der Waals surface area contributed by atoms with E-state index in [1.807, 2.05) is 27.7 Å². The maximum Gasteiger partial charge on any atom is 0.310 e. The fraction of sp³-hybridized carbons (Fsp3) is 0.792. The first-order valence-corrected chi connectivity index (χ1v) is 11.9. The molecule has 3 aliphatic heterocycles. The molecule has 0 aromatic rings. The van der Waals surface area contributed by atoms with Crippen LogP contribution in [0.15, 0.2) is 12.7 Å². The Kier molecular flexibility index (Phi) is 7.05. The van der Waals surface area contributed by atoms with Gasteiger partial charge in [0, 0.05) is 13.1 Å². The number of hydrogen-bond acceptors (Lipinski definition) is 5. The number of amides is 2. The highest BCUT2D eigenvalue weighted by molar-refractivity contribution is 5.98. The molecule has 2 unspecified atom stereocenters. The summed E-state index contributed by atoms with van der Waals surface area (Å²) in [5.74, 6) is -3.72. The minimum Gasteiger partial charge on any atom is -0.481 e. The van der Waals surface area contributed by atoms with Gasteiger partial charge in [0.05, 0.1) is 24.2 Å². The number of nitrogens with zero attached hydrogens (tertiary/aromatic N) is 2. The smallest absolute Gasteiger partial charge is 0.310 e. The van der Waals surface area contributed by atoms with Crippen molar-refractivity contribution < 1.29 is 29.3 Å². The Morgan fingerprint density at radius 3 is 2.53 bits per heavy atom. The van der Waals surface area contributed by atoms with Gasteiger partial charge in [-0.05, 0) is 31.6 Å². The fourth-order valence-corrected chi connectivity index (χ4v) is 6.26. The summed E-state index contributed by atoms with van der Waals surface area (Å²) in [6.07, 6.45) is 4.81. The van der Waals surface area contributed by atoms with Gasteiger partial charge in [-0.1, -0.05) is 40.2 Å². The molecule has 0 aromatic carbocycles. The molecule has 8 nitrogen and oxygen atoms in total. The summed E-state index contributed by atoms with van der Waals surface area (Å²) in [4.78, 5) is 43.4. The average molecular weight is 451 g/mol. The highest BCUT2D eigenvalue weighted by Crippen LogP contribution is 2.64. The Labute approximate surface area is 190 Å². The predicted molar refractivity (Wildman–Crippen MR) is 119 cm³/mol. The number of carboxylic acids is 1. The third kappa shape index (κ3) is 3.46. The molecule has 6 atom stereocenters. The molecular weight excluding hydrogens is 412 g/mol. The van der Waals surface area contributed by atoms with Gasteiger partial charge in [0.25, 0.3) is 0 Å². The van der Waals surface area contributed by atoms with Crippen LogP contribution in [0.4, 0.5) is 0 Å². The number of hydrogen-bond donors (Lipinski definition) is 2. The van der Waals surface area contributed by atoms with E-state index in [0.29, 0.717) is 32.4 Å². The second-order valence-electron chi connectivity index (χ2n) is 9.84. The van der Waals surface area contributed by atoms with Crippen molar-refractivity contribution in [1.82, 2.24) is 9.80 Å². The summed E-state index contributed by atoms with van der Waals surface area (Å²) in [5, 5.41) is 20.3. The van der Waals surface area contributed by atoms with Gasteiger partial charge >= 0.3 is 5.97 Å². The SMILES string of the molecule is C=CCN(CCCC)C(=O)C1N([C@@H](CO)C(C)C)C(=O)[C@@H]2[C@@H](C(=O)O)[C@@]3(CC)CCC12O3. The fourth-order valence-electron chi connectivity index (χ4n) is 6.26. The zero-order valence-electron chi connectivity index (χ0n) is 19.7. The van der Waals surface area contributed by atoms with Gasteiger partial charge < -0.3 is 24.7 Å². The van der Waals surface area contributed by atoms with Crippen molar-refractivity contribution in [2.24, 2.45) is 17.8 Å². The Hall–Kier alpha value is -1.93. The molecule has 32 heavy (non-hydrogen) atoms. The molecule has 3 saturated heterocycles. The van der Waals surface area contributed by atoms with E-state index in [2.05, 4.69) is 6.58 Å². The minimum atomic E-state index is -1.18. The lowest BCUT2D eigenvalue weighted by Crippen LogP contribution is -2.59. The maximum atomic E-state index is 14.0. The minimum absolute atomic E-state index is 0.112. The van der Waals surface area contributed by atoms with Crippen LogP contribution in [-0.2, 0) is 19.1 Å². The number of rotatable bonds is 11. The lowest BCUT2D eigenvalue weighted by Gasteiger charge is -2.40. The lowest BCUT2D eigenvalue weighted by molar-refractivity contribution is -0.161. The second-order valence-corrected chi connectivity index (χ2v) is 9.84. The Morgan fingerprint density at radius 1 is 1.34 bits per heavy atom. The van der Waals surface area contributed by atoms with E-state index in [9.17, 15) is 24.6 Å². The van der Waals surface area contributed by atoms with Crippen LogP contribution in [0.25, 0.3) is 0 Å². The topological polar surface area (TPSA) is 107 Å². The molecule has 3 rings (SSSR count). The predicted octanol–water partition coefficient (Wildman–Crippen LogP) is 2.06. The Balaban J connectivity index is 2.14. The maximum absolute atomic E-state index is 14.0. The molecule has 0 radical (unpaired) electrons. The van der Waals surface area contributed by atoms with Gasteiger partial charge in [-0.2, -0.15) is 0 Å². The number of fused-ring (bicyclic) bond motifs is 1. The number of ether oxygens (including phenoxy) is 1. The van der Waals surface area contributed by atoms with Crippen molar-refractivity contribution in [3.63, 3.8) is 0 Å². The van der Waals surface area contributed by atoms with Crippen LogP contribution < -0.4 is 0 Å². The summed E-state index contributed by atoms with van der Waals surface area (Å²) in [5.41, 5.74) is -2.11. The average Bonchev–Trinajstić information content (AvgIpc) is 3.35. The third-order valence-electron chi connectivity index (χ3n) is 7.88. The van der Waals surface area contributed by atoms with E-state index in [1.165, 1.54) is 4.90 Å². The Morgan fingerprint density at radius 2 is 2.03 bits per heavy atom. The first kappa shape index (κ1) is 24.7. The van der Waals surface area contributed by atoms with E-state index in [0.717, 1.165) is 12.8 Å². The van der Waals surface area contributed by atoms with Gasteiger partial charge in [-0.25, -0.2) is 0 Å². The highest BCUT2D eigenvalue weighted by Gasteiger charge is 2.79. The summed E-state index contributed by atoms with van der Waals surface area (Å²) in [6, 6.07) is -1.54. The van der Waals surface area contributed by atoms with E-state index in [4.69, 9.17) is 4.74 Å². The summed E-state index contributed by atoms with van der Waals surface area (Å²) >= 11 is 0. The number of aliphatic hydroxyl groups is 1. The normalized spacial score (nSPS) is 34.1. The molecule has 180 valence electrons. The van der Waals surface area contributed by atoms with Crippen molar-refractivity contribution in [2.75, 3.05) is 19.7 Å². The molecule has 0 aliphatic carbocycles. The van der Waals surface area contributed by atoms with Crippen LogP contribution in [0.5, 0.6) is 0 Å². The van der Waals surface area contributed by atoms with Gasteiger partial charge in [0.15, 0.2) is 0 Å². The van der Waals surface area contributed by atoms with Crippen LogP contribution >= 0.6 is 0 Å². The molecule has 0 saturated carbocycles. The van der Waals surface area contributed by atoms with Crippen LogP contribution in [-0.4, -0.2) is 80.8 Å². The number of carboxylic acid groups (broad SMARTS) is 1. The zero-order chi connectivity index (χ0) is 23.8. The molecule has 2 bridgehead atoms. The number of likely N-dealkylation sites (tertiary alicyclic amines) is 1. The van der Waals surface area contributed by atoms with Crippen LogP contribution in [0.2, 0.25) is 0 Å². The van der Waals surface area contributed by atoms with Crippen molar-refractivity contribution >= 4 is 17.8 Å². The van der Waals surface area contributed by atoms with Gasteiger partial charge in [-0.15, -0.1) is 6.58 Å². The summed E-state index contributed by atoms with van der Waals surface area (Å²) < 4.78 is 6.54. The van der Waals surface area contributed by atoms with E-state index < -0.39 is 41.1 Å². The molecule has 2 N–H and O–H groups in total. The molecule has 8 heteroatoms. The number of aliphatic hydroxyl groups excluding tert-OH is 1. The van der Waals surface area contributed by atoms with Gasteiger partial charge in [-0.3, -0.25) is 14.4 Å². The highest BCUT2D eigenvalue weighted by atomic mass is 16.5. The lowest BCUT2D eigenvalue weighted by atomic mass is 9.65. The second kappa shape index (κ2) is 9.14. The Bertz CT molecular complexity index is 770. The third-order valence-corrected chi connectivity index (χ3v) is 7.88. The molecule has 0 aromatic heterocycles. The largest absolute Gasteiger partial charge is 0.481 e. The van der Waals surface area contributed by atoms with Gasteiger partial charge in [0.1, 0.15) is 17.6 Å². The number of unbranched alkanes of at least 4 members (excludes halogenated alkanes) is 1. The van der Waals surface area contributed by atoms with E-state index >= 15 is 0 Å². The molecule has 3 fully saturated rings. The molecule has 1 spiro atoms. The van der Waals surface area contributed by atoms with Crippen LogP contribution in [0.3, 0.4) is 0 Å².